The van der Waals surface area contributed by atoms with E-state index in [-0.39, 0.29) is 0 Å². The summed E-state index contributed by atoms with van der Waals surface area (Å²) in [5.41, 5.74) is 6.19. The van der Waals surface area contributed by atoms with Crippen molar-refractivity contribution in [2.75, 3.05) is 12.5 Å². The first-order chi connectivity index (χ1) is 15.1. The Bertz CT molecular complexity index is 1210. The summed E-state index contributed by atoms with van der Waals surface area (Å²) in [7, 11) is 1.61. The summed E-state index contributed by atoms with van der Waals surface area (Å²) < 4.78 is 13.6. The Kier molecular flexibility index (Phi) is 6.49. The number of nitrogens with one attached hydrogen (secondary N) is 2. The lowest BCUT2D eigenvalue weighted by Crippen LogP contribution is -2.16. The molecule has 2 aromatic carbocycles. The van der Waals surface area contributed by atoms with Crippen LogP contribution in [0.25, 0.3) is 11.4 Å². The fourth-order valence-corrected chi connectivity index (χ4v) is 3.30. The molecular formula is C22H20ClN5O2S. The zero-order valence-corrected chi connectivity index (χ0v) is 18.3. The SMILES string of the molecule is COc1cc(CNn2c(-c3ccccc3)n[nH]c2=S)ccc1OCc1ccc(Cl)nc1. The molecule has 4 aromatic rings. The molecule has 0 amide bonds. The van der Waals surface area contributed by atoms with Gasteiger partial charge in [-0.1, -0.05) is 54.1 Å². The first-order valence-corrected chi connectivity index (χ1v) is 10.3. The summed E-state index contributed by atoms with van der Waals surface area (Å²) in [6, 6.07) is 19.2. The van der Waals surface area contributed by atoms with Crippen molar-refractivity contribution in [3.63, 3.8) is 0 Å². The van der Waals surface area contributed by atoms with E-state index in [4.69, 9.17) is 33.3 Å². The molecule has 0 spiro atoms. The van der Waals surface area contributed by atoms with Gasteiger partial charge in [0.15, 0.2) is 17.3 Å². The summed E-state index contributed by atoms with van der Waals surface area (Å²) in [5.74, 6) is 2.00. The van der Waals surface area contributed by atoms with Crippen LogP contribution in [0.5, 0.6) is 11.5 Å². The molecule has 0 bridgehead atoms. The minimum atomic E-state index is 0.364. The summed E-state index contributed by atoms with van der Waals surface area (Å²) >= 11 is 11.2. The summed E-state index contributed by atoms with van der Waals surface area (Å²) in [6.07, 6.45) is 1.69. The van der Waals surface area contributed by atoms with Gasteiger partial charge in [0.05, 0.1) is 13.7 Å². The van der Waals surface area contributed by atoms with Crippen molar-refractivity contribution in [3.05, 3.63) is 87.9 Å². The normalized spacial score (nSPS) is 10.6. The van der Waals surface area contributed by atoms with Crippen LogP contribution in [-0.4, -0.2) is 27.0 Å². The molecule has 4 rings (SSSR count). The second-order valence-electron chi connectivity index (χ2n) is 6.65. The van der Waals surface area contributed by atoms with E-state index in [2.05, 4.69) is 20.6 Å². The van der Waals surface area contributed by atoms with Gasteiger partial charge in [-0.05, 0) is 36.0 Å². The van der Waals surface area contributed by atoms with Crippen molar-refractivity contribution >= 4 is 23.8 Å². The van der Waals surface area contributed by atoms with Gasteiger partial charge in [0.25, 0.3) is 0 Å². The van der Waals surface area contributed by atoms with E-state index in [1.165, 1.54) is 0 Å². The zero-order valence-electron chi connectivity index (χ0n) is 16.7. The van der Waals surface area contributed by atoms with Crippen molar-refractivity contribution in [2.45, 2.75) is 13.2 Å². The van der Waals surface area contributed by atoms with Gasteiger partial charge < -0.3 is 14.9 Å². The first-order valence-electron chi connectivity index (χ1n) is 9.51. The summed E-state index contributed by atoms with van der Waals surface area (Å²) in [5, 5.41) is 7.61. The number of ether oxygens (including phenoxy) is 2. The molecule has 0 aliphatic rings. The Morgan fingerprint density at radius 2 is 1.87 bits per heavy atom. The van der Waals surface area contributed by atoms with E-state index in [0.29, 0.717) is 40.4 Å². The molecule has 0 saturated heterocycles. The Morgan fingerprint density at radius 3 is 2.61 bits per heavy atom. The van der Waals surface area contributed by atoms with Crippen molar-refractivity contribution in [1.82, 2.24) is 19.9 Å². The monoisotopic (exact) mass is 453 g/mol. The average molecular weight is 454 g/mol. The first kappa shape index (κ1) is 20.9. The number of methoxy groups -OCH3 is 1. The van der Waals surface area contributed by atoms with Crippen LogP contribution in [0.1, 0.15) is 11.1 Å². The van der Waals surface area contributed by atoms with Crippen LogP contribution in [0.4, 0.5) is 0 Å². The number of nitrogens with zero attached hydrogens (tertiary/aromatic N) is 3. The molecule has 2 aromatic heterocycles. The quantitative estimate of drug-likeness (QED) is 0.289. The lowest BCUT2D eigenvalue weighted by molar-refractivity contribution is 0.284. The van der Waals surface area contributed by atoms with Crippen LogP contribution in [0.3, 0.4) is 0 Å². The molecule has 0 atom stereocenters. The van der Waals surface area contributed by atoms with Crippen LogP contribution < -0.4 is 14.9 Å². The summed E-state index contributed by atoms with van der Waals surface area (Å²) in [6.45, 7) is 0.883. The third-order valence-corrected chi connectivity index (χ3v) is 5.05. The van der Waals surface area contributed by atoms with Gasteiger partial charge in [0.1, 0.15) is 11.8 Å². The molecule has 0 radical (unpaired) electrons. The topological polar surface area (TPSA) is 77.0 Å². The van der Waals surface area contributed by atoms with E-state index in [0.717, 1.165) is 16.7 Å². The Morgan fingerprint density at radius 1 is 1.06 bits per heavy atom. The lowest BCUT2D eigenvalue weighted by Gasteiger charge is -2.14. The van der Waals surface area contributed by atoms with Gasteiger partial charge in [0.2, 0.25) is 4.77 Å². The van der Waals surface area contributed by atoms with Crippen molar-refractivity contribution in [2.24, 2.45) is 0 Å². The highest BCUT2D eigenvalue weighted by Gasteiger charge is 2.10. The lowest BCUT2D eigenvalue weighted by atomic mass is 10.2. The molecule has 7 nitrogen and oxygen atoms in total. The number of hydrogen-bond acceptors (Lipinski definition) is 6. The number of H-pyrrole nitrogens is 1. The van der Waals surface area contributed by atoms with Crippen LogP contribution in [-0.2, 0) is 13.2 Å². The fraction of sp³-hybridized carbons (Fsp3) is 0.136. The maximum absolute atomic E-state index is 5.89. The molecule has 158 valence electrons. The standard InChI is InChI=1S/C22H20ClN5O2S/c1-29-19-11-15(7-9-18(19)30-14-16-8-10-20(23)24-12-16)13-25-28-21(26-27-22(28)31)17-5-3-2-4-6-17/h2-12,25H,13-14H2,1H3,(H,27,31). The largest absolute Gasteiger partial charge is 0.493 e. The van der Waals surface area contributed by atoms with Crippen LogP contribution >= 0.6 is 23.8 Å². The maximum atomic E-state index is 5.89. The third-order valence-electron chi connectivity index (χ3n) is 4.56. The van der Waals surface area contributed by atoms with E-state index < -0.39 is 0 Å². The molecule has 0 unspecified atom stereocenters. The molecule has 0 aliphatic heterocycles. The number of aromatic nitrogens is 4. The number of hydrogen-bond donors (Lipinski definition) is 2. The number of aromatic amines is 1. The minimum absolute atomic E-state index is 0.364. The predicted molar refractivity (Wildman–Crippen MR) is 122 cm³/mol. The molecule has 31 heavy (non-hydrogen) atoms. The van der Waals surface area contributed by atoms with Gasteiger partial charge in [-0.3, -0.25) is 0 Å². The van der Waals surface area contributed by atoms with E-state index >= 15 is 0 Å². The highest BCUT2D eigenvalue weighted by molar-refractivity contribution is 7.71. The third kappa shape index (κ3) is 5.04. The molecular weight excluding hydrogens is 434 g/mol. The minimum Gasteiger partial charge on any atom is -0.493 e. The predicted octanol–water partition coefficient (Wildman–Crippen LogP) is 4.99. The highest BCUT2D eigenvalue weighted by atomic mass is 35.5. The van der Waals surface area contributed by atoms with Gasteiger partial charge in [-0.15, -0.1) is 0 Å². The fourth-order valence-electron chi connectivity index (χ4n) is 2.99. The molecule has 2 N–H and O–H groups in total. The average Bonchev–Trinajstić information content (AvgIpc) is 3.18. The van der Waals surface area contributed by atoms with Crippen LogP contribution in [0.2, 0.25) is 5.15 Å². The van der Waals surface area contributed by atoms with Crippen molar-refractivity contribution < 1.29 is 9.47 Å². The van der Waals surface area contributed by atoms with Crippen molar-refractivity contribution in [1.29, 1.82) is 0 Å². The summed E-state index contributed by atoms with van der Waals surface area (Å²) in [4.78, 5) is 4.06. The van der Waals surface area contributed by atoms with Gasteiger partial charge in [-0.25, -0.2) is 14.8 Å². The van der Waals surface area contributed by atoms with E-state index in [1.54, 1.807) is 24.0 Å². The number of pyridine rings is 1. The van der Waals surface area contributed by atoms with Crippen LogP contribution in [0, 0.1) is 4.77 Å². The number of rotatable bonds is 8. The van der Waals surface area contributed by atoms with E-state index in [1.807, 2.05) is 54.6 Å². The Hall–Kier alpha value is -3.36. The zero-order chi connectivity index (χ0) is 21.6. The van der Waals surface area contributed by atoms with Gasteiger partial charge in [0, 0.05) is 17.3 Å². The second-order valence-corrected chi connectivity index (χ2v) is 7.43. The molecule has 0 saturated carbocycles. The van der Waals surface area contributed by atoms with Crippen molar-refractivity contribution in [3.8, 4) is 22.9 Å². The van der Waals surface area contributed by atoms with E-state index in [9.17, 15) is 0 Å². The Labute approximate surface area is 189 Å². The molecule has 9 heteroatoms. The van der Waals surface area contributed by atoms with Gasteiger partial charge >= 0.3 is 0 Å². The molecule has 0 fully saturated rings. The van der Waals surface area contributed by atoms with Crippen LogP contribution in [0.15, 0.2) is 66.9 Å². The van der Waals surface area contributed by atoms with Gasteiger partial charge in [-0.2, -0.15) is 5.10 Å². The molecule has 0 aliphatic carbocycles. The Balaban J connectivity index is 1.46. The number of benzene rings is 2. The smallest absolute Gasteiger partial charge is 0.214 e. The maximum Gasteiger partial charge on any atom is 0.214 e. The number of halogens is 1. The highest BCUT2D eigenvalue weighted by Crippen LogP contribution is 2.29. The second kappa shape index (κ2) is 9.63. The molecule has 2 heterocycles.